The maximum atomic E-state index is 12.5. The molecule has 0 spiro atoms. The van der Waals surface area contributed by atoms with Gasteiger partial charge < -0.3 is 19.7 Å². The molecule has 1 saturated heterocycles. The summed E-state index contributed by atoms with van der Waals surface area (Å²) in [7, 11) is 1.53. The first-order valence-electron chi connectivity index (χ1n) is 8.98. The predicted octanol–water partition coefficient (Wildman–Crippen LogP) is 3.10. The lowest BCUT2D eigenvalue weighted by molar-refractivity contribution is -0.122. The SMILES string of the molecule is COc1cc(NC(=O)C(C)Oc2cccc(C#N)c2)ccc1N1CCCC1=O. The molecule has 7 nitrogen and oxygen atoms in total. The Morgan fingerprint density at radius 1 is 1.29 bits per heavy atom. The van der Waals surface area contributed by atoms with Gasteiger partial charge in [0.1, 0.15) is 11.5 Å². The Labute approximate surface area is 163 Å². The molecule has 7 heteroatoms. The lowest BCUT2D eigenvalue weighted by Gasteiger charge is -2.20. The molecule has 1 unspecified atom stereocenters. The van der Waals surface area contributed by atoms with Crippen LogP contribution in [0, 0.1) is 11.3 Å². The Kier molecular flexibility index (Phi) is 5.80. The number of anilines is 2. The van der Waals surface area contributed by atoms with E-state index >= 15 is 0 Å². The Balaban J connectivity index is 1.69. The van der Waals surface area contributed by atoms with E-state index in [1.54, 1.807) is 54.3 Å². The number of hydrogen-bond donors (Lipinski definition) is 1. The molecule has 0 saturated carbocycles. The van der Waals surface area contributed by atoms with Crippen LogP contribution in [-0.4, -0.2) is 31.6 Å². The van der Waals surface area contributed by atoms with Gasteiger partial charge >= 0.3 is 0 Å². The van der Waals surface area contributed by atoms with E-state index < -0.39 is 6.10 Å². The maximum absolute atomic E-state index is 12.5. The number of rotatable bonds is 6. The Morgan fingerprint density at radius 3 is 2.79 bits per heavy atom. The molecule has 3 rings (SSSR count). The van der Waals surface area contributed by atoms with Gasteiger partial charge in [-0.25, -0.2) is 0 Å². The molecular weight excluding hydrogens is 358 g/mol. The first-order valence-corrected chi connectivity index (χ1v) is 8.98. The van der Waals surface area contributed by atoms with Crippen LogP contribution < -0.4 is 19.7 Å². The zero-order chi connectivity index (χ0) is 20.1. The molecule has 28 heavy (non-hydrogen) atoms. The monoisotopic (exact) mass is 379 g/mol. The molecule has 1 atom stereocenters. The average molecular weight is 379 g/mol. The van der Waals surface area contributed by atoms with Crippen molar-refractivity contribution in [3.8, 4) is 17.6 Å². The molecule has 144 valence electrons. The van der Waals surface area contributed by atoms with Crippen LogP contribution in [0.5, 0.6) is 11.5 Å². The third kappa shape index (κ3) is 4.23. The van der Waals surface area contributed by atoms with Crippen LogP contribution >= 0.6 is 0 Å². The van der Waals surface area contributed by atoms with E-state index in [0.717, 1.165) is 6.42 Å². The first kappa shape index (κ1) is 19.2. The number of methoxy groups -OCH3 is 1. The molecule has 1 aliphatic rings. The van der Waals surface area contributed by atoms with Gasteiger partial charge in [0.25, 0.3) is 5.91 Å². The van der Waals surface area contributed by atoms with E-state index in [0.29, 0.717) is 41.4 Å². The lowest BCUT2D eigenvalue weighted by Crippen LogP contribution is -2.30. The highest BCUT2D eigenvalue weighted by Gasteiger charge is 2.25. The summed E-state index contributed by atoms with van der Waals surface area (Å²) in [4.78, 5) is 26.1. The van der Waals surface area contributed by atoms with Crippen molar-refractivity contribution in [3.05, 3.63) is 48.0 Å². The average Bonchev–Trinajstić information content (AvgIpc) is 3.13. The number of carbonyl (C=O) groups is 2. The number of nitriles is 1. The molecule has 2 aromatic carbocycles. The Hall–Kier alpha value is -3.53. The molecule has 1 aliphatic heterocycles. The summed E-state index contributed by atoms with van der Waals surface area (Å²) in [6, 6.07) is 13.8. The number of hydrogen-bond acceptors (Lipinski definition) is 5. The quantitative estimate of drug-likeness (QED) is 0.833. The van der Waals surface area contributed by atoms with E-state index in [4.69, 9.17) is 14.7 Å². The van der Waals surface area contributed by atoms with Crippen molar-refractivity contribution >= 4 is 23.2 Å². The van der Waals surface area contributed by atoms with Crippen molar-refractivity contribution in [1.29, 1.82) is 5.26 Å². The Morgan fingerprint density at radius 2 is 2.11 bits per heavy atom. The summed E-state index contributed by atoms with van der Waals surface area (Å²) in [5.41, 5.74) is 1.70. The number of ether oxygens (including phenoxy) is 2. The summed E-state index contributed by atoms with van der Waals surface area (Å²) in [6.45, 7) is 2.29. The van der Waals surface area contributed by atoms with E-state index in [1.807, 2.05) is 6.07 Å². The van der Waals surface area contributed by atoms with Crippen LogP contribution in [0.3, 0.4) is 0 Å². The minimum Gasteiger partial charge on any atom is -0.494 e. The number of nitrogens with one attached hydrogen (secondary N) is 1. The molecule has 1 fully saturated rings. The number of nitrogens with zero attached hydrogens (tertiary/aromatic N) is 2. The van der Waals surface area contributed by atoms with E-state index in [2.05, 4.69) is 5.32 Å². The topological polar surface area (TPSA) is 91.7 Å². The third-order valence-corrected chi connectivity index (χ3v) is 4.46. The van der Waals surface area contributed by atoms with Crippen LogP contribution in [0.2, 0.25) is 0 Å². The van der Waals surface area contributed by atoms with Gasteiger partial charge in [-0.3, -0.25) is 9.59 Å². The molecule has 1 N–H and O–H groups in total. The van der Waals surface area contributed by atoms with Crippen molar-refractivity contribution in [3.63, 3.8) is 0 Å². The minimum atomic E-state index is -0.764. The molecule has 2 aromatic rings. The van der Waals surface area contributed by atoms with Crippen molar-refractivity contribution in [1.82, 2.24) is 0 Å². The predicted molar refractivity (Wildman–Crippen MR) is 104 cm³/mol. The van der Waals surface area contributed by atoms with Crippen LogP contribution in [-0.2, 0) is 9.59 Å². The summed E-state index contributed by atoms with van der Waals surface area (Å²) in [6.07, 6.45) is 0.589. The molecule has 0 radical (unpaired) electrons. The molecular formula is C21H21N3O4. The van der Waals surface area contributed by atoms with Crippen LogP contribution in [0.15, 0.2) is 42.5 Å². The largest absolute Gasteiger partial charge is 0.494 e. The highest BCUT2D eigenvalue weighted by Crippen LogP contribution is 2.33. The smallest absolute Gasteiger partial charge is 0.265 e. The molecule has 1 heterocycles. The van der Waals surface area contributed by atoms with Crippen molar-refractivity contribution < 1.29 is 19.1 Å². The fraction of sp³-hybridized carbons (Fsp3) is 0.286. The minimum absolute atomic E-state index is 0.0664. The van der Waals surface area contributed by atoms with Gasteiger partial charge in [-0.1, -0.05) is 6.07 Å². The van der Waals surface area contributed by atoms with E-state index in [-0.39, 0.29) is 11.8 Å². The molecule has 0 aliphatic carbocycles. The standard InChI is InChI=1S/C21H21N3O4/c1-14(28-17-6-3-5-15(11-17)13-22)21(26)23-16-8-9-18(19(12-16)27-2)24-10-4-7-20(24)25/h3,5-6,8-9,11-12,14H,4,7,10H2,1-2H3,(H,23,26). The highest BCUT2D eigenvalue weighted by atomic mass is 16.5. The second-order valence-corrected chi connectivity index (χ2v) is 6.42. The van der Waals surface area contributed by atoms with Gasteiger partial charge in [-0.15, -0.1) is 0 Å². The summed E-state index contributed by atoms with van der Waals surface area (Å²) >= 11 is 0. The zero-order valence-electron chi connectivity index (χ0n) is 15.8. The highest BCUT2D eigenvalue weighted by molar-refractivity contribution is 5.98. The van der Waals surface area contributed by atoms with Gasteiger partial charge in [0.15, 0.2) is 6.10 Å². The first-order chi connectivity index (χ1) is 13.5. The second kappa shape index (κ2) is 8.44. The fourth-order valence-corrected chi connectivity index (χ4v) is 3.02. The fourth-order valence-electron chi connectivity index (χ4n) is 3.02. The Bertz CT molecular complexity index is 935. The zero-order valence-corrected chi connectivity index (χ0v) is 15.8. The number of benzene rings is 2. The van der Waals surface area contributed by atoms with Gasteiger partial charge in [0.2, 0.25) is 5.91 Å². The van der Waals surface area contributed by atoms with Crippen LogP contribution in [0.1, 0.15) is 25.3 Å². The molecule has 2 amide bonds. The summed E-state index contributed by atoms with van der Waals surface area (Å²) in [5, 5.41) is 11.7. The van der Waals surface area contributed by atoms with Crippen molar-refractivity contribution in [2.45, 2.75) is 25.9 Å². The van der Waals surface area contributed by atoms with Gasteiger partial charge in [0, 0.05) is 24.7 Å². The lowest BCUT2D eigenvalue weighted by atomic mass is 10.2. The van der Waals surface area contributed by atoms with Gasteiger partial charge in [-0.2, -0.15) is 5.26 Å². The van der Waals surface area contributed by atoms with Crippen molar-refractivity contribution in [2.24, 2.45) is 0 Å². The summed E-state index contributed by atoms with van der Waals surface area (Å²) < 4.78 is 11.0. The van der Waals surface area contributed by atoms with Crippen molar-refractivity contribution in [2.75, 3.05) is 23.9 Å². The van der Waals surface area contributed by atoms with E-state index in [9.17, 15) is 9.59 Å². The number of carbonyl (C=O) groups excluding carboxylic acids is 2. The number of amides is 2. The third-order valence-electron chi connectivity index (χ3n) is 4.46. The van der Waals surface area contributed by atoms with Gasteiger partial charge in [-0.05, 0) is 43.7 Å². The second-order valence-electron chi connectivity index (χ2n) is 6.42. The van der Waals surface area contributed by atoms with E-state index in [1.165, 1.54) is 7.11 Å². The van der Waals surface area contributed by atoms with Crippen LogP contribution in [0.4, 0.5) is 11.4 Å². The molecule has 0 aromatic heterocycles. The maximum Gasteiger partial charge on any atom is 0.265 e. The van der Waals surface area contributed by atoms with Gasteiger partial charge in [0.05, 0.1) is 24.4 Å². The normalized spacial score (nSPS) is 14.3. The van der Waals surface area contributed by atoms with Crippen LogP contribution in [0.25, 0.3) is 0 Å². The molecule has 0 bridgehead atoms. The summed E-state index contributed by atoms with van der Waals surface area (Å²) in [5.74, 6) is 0.691.